The summed E-state index contributed by atoms with van der Waals surface area (Å²) in [6, 6.07) is 10.9. The van der Waals surface area contributed by atoms with Crippen molar-refractivity contribution >= 4 is 56.3 Å². The Hall–Kier alpha value is -2.85. The third-order valence-electron chi connectivity index (χ3n) is 4.03. The van der Waals surface area contributed by atoms with Gasteiger partial charge < -0.3 is 19.5 Å². The number of carbonyl (C=O) groups is 2. The molecule has 1 aliphatic heterocycles. The van der Waals surface area contributed by atoms with E-state index >= 15 is 0 Å². The standard InChI is InChI=1S/C20H16BrN3O5S/c21-12-7-16-17(28-6-5-27-16)8-15(12)23-18(25)10-29-20(26)11-30-19-9-22-13-3-1-2-4-14(13)24-19/h1-4,7-9H,5-6,10-11H2,(H,23,25). The number of carbonyl (C=O) groups excluding carboxylic acids is 2. The van der Waals surface area contributed by atoms with Crippen molar-refractivity contribution in [1.82, 2.24) is 9.97 Å². The Morgan fingerprint density at radius 3 is 2.67 bits per heavy atom. The molecule has 1 aliphatic rings. The molecule has 2 heterocycles. The highest BCUT2D eigenvalue weighted by Gasteiger charge is 2.17. The molecule has 2 aromatic carbocycles. The van der Waals surface area contributed by atoms with E-state index in [0.29, 0.717) is 39.9 Å². The van der Waals surface area contributed by atoms with Crippen LogP contribution < -0.4 is 14.8 Å². The number of nitrogens with one attached hydrogen (secondary N) is 1. The maximum atomic E-state index is 12.1. The van der Waals surface area contributed by atoms with E-state index in [0.717, 1.165) is 11.0 Å². The molecule has 0 unspecified atom stereocenters. The topological polar surface area (TPSA) is 99.6 Å². The Kier molecular flexibility index (Phi) is 6.34. The number of thioether (sulfide) groups is 1. The van der Waals surface area contributed by atoms with Crippen molar-refractivity contribution in [3.8, 4) is 11.5 Å². The molecular weight excluding hydrogens is 474 g/mol. The molecule has 3 aromatic rings. The fraction of sp³-hybridized carbons (Fsp3) is 0.200. The lowest BCUT2D eigenvalue weighted by molar-refractivity contribution is -0.144. The summed E-state index contributed by atoms with van der Waals surface area (Å²) < 4.78 is 16.7. The van der Waals surface area contributed by atoms with Crippen molar-refractivity contribution in [3.63, 3.8) is 0 Å². The van der Waals surface area contributed by atoms with Gasteiger partial charge in [0, 0.05) is 16.6 Å². The van der Waals surface area contributed by atoms with Crippen LogP contribution in [0.15, 0.2) is 52.1 Å². The van der Waals surface area contributed by atoms with Crippen molar-refractivity contribution in [3.05, 3.63) is 47.1 Å². The summed E-state index contributed by atoms with van der Waals surface area (Å²) in [5.74, 6) is 0.187. The number of hydrogen-bond donors (Lipinski definition) is 1. The number of esters is 1. The number of benzene rings is 2. The highest BCUT2D eigenvalue weighted by atomic mass is 79.9. The maximum Gasteiger partial charge on any atom is 0.316 e. The van der Waals surface area contributed by atoms with Crippen LogP contribution in [0.1, 0.15) is 0 Å². The van der Waals surface area contributed by atoms with E-state index in [1.165, 1.54) is 11.8 Å². The van der Waals surface area contributed by atoms with E-state index in [9.17, 15) is 9.59 Å². The molecule has 1 aromatic heterocycles. The van der Waals surface area contributed by atoms with Crippen molar-refractivity contribution in [2.24, 2.45) is 0 Å². The number of rotatable bonds is 6. The van der Waals surface area contributed by atoms with Crippen LogP contribution in [-0.2, 0) is 14.3 Å². The van der Waals surface area contributed by atoms with Gasteiger partial charge in [0.05, 0.1) is 28.7 Å². The number of aromatic nitrogens is 2. The molecule has 0 spiro atoms. The molecule has 0 aliphatic carbocycles. The van der Waals surface area contributed by atoms with Gasteiger partial charge in [-0.25, -0.2) is 4.98 Å². The number of ether oxygens (including phenoxy) is 3. The predicted octanol–water partition coefficient (Wildman–Crippen LogP) is 3.44. The quantitative estimate of drug-likeness (QED) is 0.415. The zero-order chi connectivity index (χ0) is 20.9. The largest absolute Gasteiger partial charge is 0.486 e. The van der Waals surface area contributed by atoms with Gasteiger partial charge >= 0.3 is 5.97 Å². The van der Waals surface area contributed by atoms with Crippen LogP contribution in [0, 0.1) is 0 Å². The summed E-state index contributed by atoms with van der Waals surface area (Å²) >= 11 is 4.58. The molecule has 1 amide bonds. The minimum Gasteiger partial charge on any atom is -0.486 e. The first kappa shape index (κ1) is 20.4. The summed E-state index contributed by atoms with van der Waals surface area (Å²) in [5, 5.41) is 3.29. The number of hydrogen-bond acceptors (Lipinski definition) is 8. The number of halogens is 1. The highest BCUT2D eigenvalue weighted by Crippen LogP contribution is 2.38. The molecule has 0 saturated heterocycles. The summed E-state index contributed by atoms with van der Waals surface area (Å²) in [6.07, 6.45) is 1.60. The first-order valence-electron chi connectivity index (χ1n) is 8.98. The van der Waals surface area contributed by atoms with Crippen LogP contribution in [0.4, 0.5) is 5.69 Å². The van der Waals surface area contributed by atoms with Crippen LogP contribution in [0.25, 0.3) is 11.0 Å². The zero-order valence-corrected chi connectivity index (χ0v) is 18.0. The Balaban J connectivity index is 1.27. The zero-order valence-electron chi connectivity index (χ0n) is 15.6. The number of para-hydroxylation sites is 2. The molecule has 0 fully saturated rings. The van der Waals surface area contributed by atoms with Crippen LogP contribution in [0.3, 0.4) is 0 Å². The van der Waals surface area contributed by atoms with E-state index in [-0.39, 0.29) is 5.75 Å². The second kappa shape index (κ2) is 9.31. The fourth-order valence-corrected chi connectivity index (χ4v) is 3.74. The van der Waals surface area contributed by atoms with Crippen LogP contribution in [0.2, 0.25) is 0 Å². The Morgan fingerprint density at radius 2 is 1.87 bits per heavy atom. The van der Waals surface area contributed by atoms with Gasteiger partial charge in [0.1, 0.15) is 18.2 Å². The molecule has 0 atom stereocenters. The van der Waals surface area contributed by atoms with Crippen molar-refractivity contribution < 1.29 is 23.8 Å². The second-order valence-electron chi connectivity index (χ2n) is 6.17. The number of nitrogens with zero attached hydrogens (tertiary/aromatic N) is 2. The highest BCUT2D eigenvalue weighted by molar-refractivity contribution is 9.10. The summed E-state index contributed by atoms with van der Waals surface area (Å²) in [4.78, 5) is 32.9. The average molecular weight is 490 g/mol. The molecule has 154 valence electrons. The van der Waals surface area contributed by atoms with Crippen LogP contribution in [-0.4, -0.2) is 47.4 Å². The predicted molar refractivity (Wildman–Crippen MR) is 115 cm³/mol. The fourth-order valence-electron chi connectivity index (χ4n) is 2.68. The van der Waals surface area contributed by atoms with Gasteiger partial charge in [0.25, 0.3) is 5.91 Å². The summed E-state index contributed by atoms with van der Waals surface area (Å²) in [7, 11) is 0. The second-order valence-corrected chi connectivity index (χ2v) is 8.02. The Labute approximate surface area is 184 Å². The molecule has 30 heavy (non-hydrogen) atoms. The number of anilines is 1. The molecule has 8 nitrogen and oxygen atoms in total. The van der Waals surface area contributed by atoms with Gasteiger partial charge in [-0.15, -0.1) is 0 Å². The lowest BCUT2D eigenvalue weighted by Crippen LogP contribution is -2.22. The van der Waals surface area contributed by atoms with E-state index in [4.69, 9.17) is 14.2 Å². The lowest BCUT2D eigenvalue weighted by atomic mass is 10.2. The Morgan fingerprint density at radius 1 is 1.13 bits per heavy atom. The van der Waals surface area contributed by atoms with E-state index in [1.54, 1.807) is 18.3 Å². The number of amides is 1. The molecule has 10 heteroatoms. The molecular formula is C20H16BrN3O5S. The molecule has 0 saturated carbocycles. The van der Waals surface area contributed by atoms with Gasteiger partial charge in [0.2, 0.25) is 0 Å². The number of fused-ring (bicyclic) bond motifs is 2. The van der Waals surface area contributed by atoms with Gasteiger partial charge in [-0.05, 0) is 28.1 Å². The minimum absolute atomic E-state index is 0.0218. The lowest BCUT2D eigenvalue weighted by Gasteiger charge is -2.20. The third kappa shape index (κ3) is 5.00. The van der Waals surface area contributed by atoms with Gasteiger partial charge in [0.15, 0.2) is 18.1 Å². The van der Waals surface area contributed by atoms with Gasteiger partial charge in [-0.3, -0.25) is 14.6 Å². The van der Waals surface area contributed by atoms with E-state index in [1.807, 2.05) is 24.3 Å². The van der Waals surface area contributed by atoms with Crippen molar-refractivity contribution in [2.45, 2.75) is 5.03 Å². The maximum absolute atomic E-state index is 12.1. The van der Waals surface area contributed by atoms with E-state index < -0.39 is 18.5 Å². The SMILES string of the molecule is O=C(COC(=O)CSc1cnc2ccccc2n1)Nc1cc2c(cc1Br)OCCO2. The van der Waals surface area contributed by atoms with Gasteiger partial charge in [-0.2, -0.15) is 0 Å². The molecule has 0 radical (unpaired) electrons. The van der Waals surface area contributed by atoms with Crippen LogP contribution >= 0.6 is 27.7 Å². The first-order valence-corrected chi connectivity index (χ1v) is 10.8. The van der Waals surface area contributed by atoms with E-state index in [2.05, 4.69) is 31.2 Å². The van der Waals surface area contributed by atoms with Crippen molar-refractivity contribution in [2.75, 3.05) is 30.9 Å². The molecule has 1 N–H and O–H groups in total. The summed E-state index contributed by atoms with van der Waals surface area (Å²) in [5.41, 5.74) is 2.03. The third-order valence-corrected chi connectivity index (χ3v) is 5.56. The smallest absolute Gasteiger partial charge is 0.316 e. The first-order chi connectivity index (χ1) is 14.6. The average Bonchev–Trinajstić information content (AvgIpc) is 2.76. The van der Waals surface area contributed by atoms with Crippen LogP contribution in [0.5, 0.6) is 11.5 Å². The molecule has 4 rings (SSSR count). The van der Waals surface area contributed by atoms with Gasteiger partial charge in [-0.1, -0.05) is 23.9 Å². The Bertz CT molecular complexity index is 1110. The summed E-state index contributed by atoms with van der Waals surface area (Å²) in [6.45, 7) is 0.520. The monoisotopic (exact) mass is 489 g/mol. The molecule has 0 bridgehead atoms. The van der Waals surface area contributed by atoms with Crippen molar-refractivity contribution in [1.29, 1.82) is 0 Å². The normalized spacial score (nSPS) is 12.4. The minimum atomic E-state index is -0.522.